The number of hydrogen-bond acceptors (Lipinski definition) is 6. The van der Waals surface area contributed by atoms with Crippen molar-refractivity contribution in [2.75, 3.05) is 19.5 Å². The number of carbonyl (C=O) groups is 1. The minimum atomic E-state index is -0.719. The summed E-state index contributed by atoms with van der Waals surface area (Å²) in [5, 5.41) is 22.8. The van der Waals surface area contributed by atoms with E-state index < -0.39 is 10.8 Å². The Hall–Kier alpha value is -3.57. The number of halogens is 1. The summed E-state index contributed by atoms with van der Waals surface area (Å²) in [6.07, 6.45) is 1.32. The third-order valence-electron chi connectivity index (χ3n) is 3.45. The number of nitro groups is 1. The zero-order chi connectivity index (χ0) is 20.0. The van der Waals surface area contributed by atoms with Crippen molar-refractivity contribution in [3.05, 3.63) is 62.7 Å². The predicted molar refractivity (Wildman–Crippen MR) is 99.9 cm³/mol. The average molecular weight is 388 g/mol. The van der Waals surface area contributed by atoms with Gasteiger partial charge in [0.25, 0.3) is 11.6 Å². The van der Waals surface area contributed by atoms with E-state index in [2.05, 4.69) is 5.32 Å². The highest BCUT2D eigenvalue weighted by Crippen LogP contribution is 2.36. The summed E-state index contributed by atoms with van der Waals surface area (Å²) in [6.45, 7) is 0. The van der Waals surface area contributed by atoms with Gasteiger partial charge in [-0.1, -0.05) is 17.7 Å². The largest absolute Gasteiger partial charge is 0.493 e. The molecule has 9 heteroatoms. The Kier molecular flexibility index (Phi) is 6.36. The van der Waals surface area contributed by atoms with E-state index in [1.807, 2.05) is 0 Å². The van der Waals surface area contributed by atoms with Crippen molar-refractivity contribution in [2.45, 2.75) is 0 Å². The number of rotatable bonds is 6. The lowest BCUT2D eigenvalue weighted by atomic mass is 10.1. The number of anilines is 1. The highest BCUT2D eigenvalue weighted by atomic mass is 35.5. The fourth-order valence-corrected chi connectivity index (χ4v) is 2.53. The first-order chi connectivity index (χ1) is 12.9. The normalized spacial score (nSPS) is 10.7. The molecule has 2 aromatic carbocycles. The van der Waals surface area contributed by atoms with E-state index in [4.69, 9.17) is 21.1 Å². The molecular formula is C18H14ClN3O5. The zero-order valence-electron chi connectivity index (χ0n) is 14.4. The molecular weight excluding hydrogens is 374 g/mol. The molecule has 0 aliphatic carbocycles. The van der Waals surface area contributed by atoms with Crippen LogP contribution in [0.15, 0.2) is 42.0 Å². The zero-order valence-corrected chi connectivity index (χ0v) is 15.1. The molecule has 0 aliphatic heterocycles. The molecule has 1 N–H and O–H groups in total. The van der Waals surface area contributed by atoms with Gasteiger partial charge in [-0.05, 0) is 29.8 Å². The van der Waals surface area contributed by atoms with Crippen molar-refractivity contribution in [2.24, 2.45) is 0 Å². The highest BCUT2D eigenvalue weighted by molar-refractivity contribution is 6.32. The van der Waals surface area contributed by atoms with Crippen LogP contribution in [0, 0.1) is 21.4 Å². The molecule has 138 valence electrons. The SMILES string of the molecule is COc1cc(/C=C(\C#N)C(=O)Nc2cccc([N+](=O)[O-])c2)cc(Cl)c1OC. The Balaban J connectivity index is 2.32. The van der Waals surface area contributed by atoms with Crippen LogP contribution in [0.25, 0.3) is 6.08 Å². The molecule has 0 unspecified atom stereocenters. The van der Waals surface area contributed by atoms with Crippen LogP contribution in [0.1, 0.15) is 5.56 Å². The van der Waals surface area contributed by atoms with Gasteiger partial charge < -0.3 is 14.8 Å². The lowest BCUT2D eigenvalue weighted by Crippen LogP contribution is -2.13. The van der Waals surface area contributed by atoms with Gasteiger partial charge in [-0.25, -0.2) is 0 Å². The maximum atomic E-state index is 12.3. The van der Waals surface area contributed by atoms with E-state index in [9.17, 15) is 20.2 Å². The molecule has 0 heterocycles. The van der Waals surface area contributed by atoms with Gasteiger partial charge in [0.15, 0.2) is 11.5 Å². The molecule has 0 spiro atoms. The summed E-state index contributed by atoms with van der Waals surface area (Å²) in [4.78, 5) is 22.6. The number of carbonyl (C=O) groups excluding carboxylic acids is 1. The molecule has 0 bridgehead atoms. The molecule has 0 saturated carbocycles. The van der Waals surface area contributed by atoms with Crippen molar-refractivity contribution in [3.63, 3.8) is 0 Å². The number of benzene rings is 2. The number of amides is 1. The molecule has 8 nitrogen and oxygen atoms in total. The highest BCUT2D eigenvalue weighted by Gasteiger charge is 2.14. The van der Waals surface area contributed by atoms with Gasteiger partial charge in [-0.2, -0.15) is 5.26 Å². The summed E-state index contributed by atoms with van der Waals surface area (Å²) in [6, 6.07) is 10.3. The summed E-state index contributed by atoms with van der Waals surface area (Å²) < 4.78 is 10.3. The van der Waals surface area contributed by atoms with E-state index in [-0.39, 0.29) is 22.0 Å². The van der Waals surface area contributed by atoms with Crippen LogP contribution in [0.5, 0.6) is 11.5 Å². The van der Waals surface area contributed by atoms with Crippen molar-refractivity contribution in [1.82, 2.24) is 0 Å². The molecule has 0 saturated heterocycles. The van der Waals surface area contributed by atoms with E-state index in [0.717, 1.165) is 0 Å². The second-order valence-electron chi connectivity index (χ2n) is 5.17. The average Bonchev–Trinajstić information content (AvgIpc) is 2.65. The summed E-state index contributed by atoms with van der Waals surface area (Å²) >= 11 is 6.11. The third kappa shape index (κ3) is 4.74. The van der Waals surface area contributed by atoms with E-state index in [1.54, 1.807) is 12.1 Å². The second-order valence-corrected chi connectivity index (χ2v) is 5.58. The molecule has 2 rings (SSSR count). The molecule has 1 amide bonds. The van der Waals surface area contributed by atoms with E-state index in [0.29, 0.717) is 17.1 Å². The number of nitro benzene ring substituents is 1. The Morgan fingerprint density at radius 1 is 1.30 bits per heavy atom. The van der Waals surface area contributed by atoms with Gasteiger partial charge in [-0.3, -0.25) is 14.9 Å². The molecule has 0 aliphatic rings. The minimum absolute atomic E-state index is 0.179. The Morgan fingerprint density at radius 3 is 2.63 bits per heavy atom. The van der Waals surface area contributed by atoms with Gasteiger partial charge in [0.1, 0.15) is 11.6 Å². The minimum Gasteiger partial charge on any atom is -0.493 e. The maximum absolute atomic E-state index is 12.3. The van der Waals surface area contributed by atoms with Crippen molar-refractivity contribution < 1.29 is 19.2 Å². The molecule has 0 atom stereocenters. The van der Waals surface area contributed by atoms with Gasteiger partial charge in [0, 0.05) is 17.8 Å². The fraction of sp³-hybridized carbons (Fsp3) is 0.111. The van der Waals surface area contributed by atoms with Gasteiger partial charge in [0.2, 0.25) is 0 Å². The summed E-state index contributed by atoms with van der Waals surface area (Å²) in [5.74, 6) is -0.0487. The standard InChI is InChI=1S/C18H14ClN3O5/c1-26-16-8-11(7-15(19)17(16)27-2)6-12(10-20)18(23)21-13-4-3-5-14(9-13)22(24)25/h3-9H,1-2H3,(H,21,23)/b12-6+. The number of methoxy groups -OCH3 is 2. The smallest absolute Gasteiger partial charge is 0.271 e. The summed E-state index contributed by atoms with van der Waals surface area (Å²) in [7, 11) is 2.87. The number of ether oxygens (including phenoxy) is 2. The molecule has 0 fully saturated rings. The Labute approximate surface area is 159 Å². The van der Waals surface area contributed by atoms with E-state index >= 15 is 0 Å². The topological polar surface area (TPSA) is 114 Å². The third-order valence-corrected chi connectivity index (χ3v) is 3.73. The molecule has 0 aromatic heterocycles. The van der Waals surface area contributed by atoms with Crippen LogP contribution in [0.4, 0.5) is 11.4 Å². The number of nitriles is 1. The van der Waals surface area contributed by atoms with Crippen molar-refractivity contribution in [3.8, 4) is 17.6 Å². The van der Waals surface area contributed by atoms with Gasteiger partial charge >= 0.3 is 0 Å². The monoisotopic (exact) mass is 387 g/mol. The second kappa shape index (κ2) is 8.69. The quantitative estimate of drug-likeness (QED) is 0.349. The van der Waals surface area contributed by atoms with Crippen LogP contribution >= 0.6 is 11.6 Å². The molecule has 27 heavy (non-hydrogen) atoms. The van der Waals surface area contributed by atoms with Gasteiger partial charge in [-0.15, -0.1) is 0 Å². The van der Waals surface area contributed by atoms with Crippen LogP contribution in [-0.4, -0.2) is 25.1 Å². The summed E-state index contributed by atoms with van der Waals surface area (Å²) in [5.41, 5.74) is 0.246. The van der Waals surface area contributed by atoms with Gasteiger partial charge in [0.05, 0.1) is 24.2 Å². The number of hydrogen-bond donors (Lipinski definition) is 1. The number of nitrogens with zero attached hydrogens (tertiary/aromatic N) is 2. The molecule has 0 radical (unpaired) electrons. The van der Waals surface area contributed by atoms with Crippen LogP contribution in [0.2, 0.25) is 5.02 Å². The van der Waals surface area contributed by atoms with Crippen molar-refractivity contribution in [1.29, 1.82) is 5.26 Å². The first kappa shape index (κ1) is 19.8. The maximum Gasteiger partial charge on any atom is 0.271 e. The first-order valence-corrected chi connectivity index (χ1v) is 7.86. The predicted octanol–water partition coefficient (Wildman–Crippen LogP) is 3.81. The fourth-order valence-electron chi connectivity index (χ4n) is 2.23. The number of non-ortho nitro benzene ring substituents is 1. The van der Waals surface area contributed by atoms with E-state index in [1.165, 1.54) is 50.6 Å². The van der Waals surface area contributed by atoms with Crippen LogP contribution in [0.3, 0.4) is 0 Å². The Bertz CT molecular complexity index is 966. The first-order valence-electron chi connectivity index (χ1n) is 7.48. The Morgan fingerprint density at radius 2 is 2.04 bits per heavy atom. The number of nitrogens with one attached hydrogen (secondary N) is 1. The van der Waals surface area contributed by atoms with Crippen LogP contribution in [-0.2, 0) is 4.79 Å². The lowest BCUT2D eigenvalue weighted by molar-refractivity contribution is -0.384. The van der Waals surface area contributed by atoms with Crippen molar-refractivity contribution >= 4 is 35.0 Å². The van der Waals surface area contributed by atoms with Crippen LogP contribution < -0.4 is 14.8 Å². The molecule has 2 aromatic rings. The lowest BCUT2D eigenvalue weighted by Gasteiger charge is -2.10.